The molecule has 0 radical (unpaired) electrons. The Hall–Kier alpha value is -5.51. The van der Waals surface area contributed by atoms with E-state index >= 15 is 0 Å². The van der Waals surface area contributed by atoms with Gasteiger partial charge in [-0.25, -0.2) is 4.98 Å². The molecule has 3 heterocycles. The molecule has 0 fully saturated rings. The molecule has 2 aliphatic rings. The van der Waals surface area contributed by atoms with Crippen LogP contribution in [0, 0.1) is 0 Å². The van der Waals surface area contributed by atoms with Crippen molar-refractivity contribution in [2.24, 2.45) is 0 Å². The first-order valence-electron chi connectivity index (χ1n) is 14.8. The third kappa shape index (κ3) is 3.83. The molecule has 6 aromatic carbocycles. The van der Waals surface area contributed by atoms with E-state index in [1.807, 2.05) is 6.07 Å². The number of quaternary nitrogens is 1. The molecule has 0 spiro atoms. The van der Waals surface area contributed by atoms with Crippen LogP contribution in [0.5, 0.6) is 0 Å². The van der Waals surface area contributed by atoms with Gasteiger partial charge in [0.05, 0.1) is 16.9 Å². The fourth-order valence-corrected chi connectivity index (χ4v) is 6.93. The van der Waals surface area contributed by atoms with Gasteiger partial charge in [0.1, 0.15) is 5.69 Å². The molecule has 3 nitrogen and oxygen atoms in total. The van der Waals surface area contributed by atoms with E-state index < -0.39 is 0 Å². The zero-order valence-corrected chi connectivity index (χ0v) is 23.5. The number of fused-ring (bicyclic) bond motifs is 6. The van der Waals surface area contributed by atoms with Crippen LogP contribution in [0.4, 0.5) is 17.1 Å². The zero-order chi connectivity index (χ0) is 28.3. The molecule has 1 unspecified atom stereocenters. The van der Waals surface area contributed by atoms with Crippen LogP contribution in [0.25, 0.3) is 55.5 Å². The summed E-state index contributed by atoms with van der Waals surface area (Å²) in [6, 6.07) is 54.8. The maximum atomic E-state index is 4.96. The Kier molecular flexibility index (Phi) is 5.34. The number of hydrogen-bond donors (Lipinski definition) is 1. The third-order valence-corrected chi connectivity index (χ3v) is 8.91. The van der Waals surface area contributed by atoms with Crippen molar-refractivity contribution in [2.75, 3.05) is 4.90 Å². The molecule has 9 rings (SSSR count). The molecule has 0 saturated heterocycles. The Bertz CT molecular complexity index is 2200. The van der Waals surface area contributed by atoms with Gasteiger partial charge in [-0.15, -0.1) is 0 Å². The van der Waals surface area contributed by atoms with E-state index in [4.69, 9.17) is 4.98 Å². The third-order valence-electron chi connectivity index (χ3n) is 8.91. The van der Waals surface area contributed by atoms with E-state index in [-0.39, 0.29) is 6.17 Å². The van der Waals surface area contributed by atoms with Gasteiger partial charge in [-0.05, 0) is 52.6 Å². The molecule has 0 aliphatic carbocycles. The molecule has 0 amide bonds. The monoisotopic (exact) mass is 550 g/mol. The molecule has 0 bridgehead atoms. The molecule has 43 heavy (non-hydrogen) atoms. The van der Waals surface area contributed by atoms with E-state index in [9.17, 15) is 0 Å². The fraction of sp³-hybridized carbons (Fsp3) is 0.0250. The molecule has 2 aliphatic heterocycles. The summed E-state index contributed by atoms with van der Waals surface area (Å²) in [5, 5.41) is 3.59. The van der Waals surface area contributed by atoms with Crippen LogP contribution in [0.3, 0.4) is 0 Å². The predicted molar refractivity (Wildman–Crippen MR) is 176 cm³/mol. The Labute approximate surface area is 250 Å². The summed E-state index contributed by atoms with van der Waals surface area (Å²) in [6.45, 7) is 0. The summed E-state index contributed by atoms with van der Waals surface area (Å²) >= 11 is 0. The number of pyridine rings is 1. The minimum Gasteiger partial charge on any atom is -0.288 e. The van der Waals surface area contributed by atoms with Crippen LogP contribution in [-0.4, -0.2) is 4.98 Å². The first-order valence-corrected chi connectivity index (χ1v) is 14.8. The Morgan fingerprint density at radius 3 is 2.09 bits per heavy atom. The van der Waals surface area contributed by atoms with Gasteiger partial charge in [0.2, 0.25) is 0 Å². The molecular formula is C40H28N3+. The number of rotatable bonds is 3. The minimum absolute atomic E-state index is 0.0805. The lowest BCUT2D eigenvalue weighted by molar-refractivity contribution is -0.606. The number of para-hydroxylation sites is 3. The summed E-state index contributed by atoms with van der Waals surface area (Å²) in [4.78, 5) is 7.51. The van der Waals surface area contributed by atoms with Gasteiger partial charge in [-0.2, -0.15) is 0 Å². The van der Waals surface area contributed by atoms with Crippen LogP contribution >= 0.6 is 0 Å². The lowest BCUT2D eigenvalue weighted by atomic mass is 9.94. The second-order valence-electron chi connectivity index (χ2n) is 11.4. The van der Waals surface area contributed by atoms with Crippen molar-refractivity contribution in [2.45, 2.75) is 6.17 Å². The SMILES string of the molecule is c1cc(-c2cccc(C3[NH2+]c4cccc5c4N3c3ccccc3-c3ccccc3-5)c2)cc(-c2ccc3ccccc3n2)c1. The van der Waals surface area contributed by atoms with Gasteiger partial charge in [-0.1, -0.05) is 115 Å². The quantitative estimate of drug-likeness (QED) is 0.222. The normalized spacial score (nSPS) is 14.6. The lowest BCUT2D eigenvalue weighted by Gasteiger charge is -2.26. The molecule has 1 atom stereocenters. The van der Waals surface area contributed by atoms with Gasteiger partial charge in [0.25, 0.3) is 0 Å². The maximum Gasteiger partial charge on any atom is 0.197 e. The van der Waals surface area contributed by atoms with E-state index in [1.54, 1.807) is 0 Å². The number of nitrogens with two attached hydrogens (primary N) is 1. The average Bonchev–Trinajstić information content (AvgIpc) is 3.42. The highest BCUT2D eigenvalue weighted by molar-refractivity contribution is 6.02. The highest BCUT2D eigenvalue weighted by Crippen LogP contribution is 2.53. The van der Waals surface area contributed by atoms with Gasteiger partial charge >= 0.3 is 0 Å². The van der Waals surface area contributed by atoms with E-state index in [0.717, 1.165) is 22.2 Å². The molecule has 7 aromatic rings. The molecule has 2 N–H and O–H groups in total. The van der Waals surface area contributed by atoms with Crippen molar-refractivity contribution < 1.29 is 5.32 Å². The summed E-state index contributed by atoms with van der Waals surface area (Å²) in [5.74, 6) is 0. The molecule has 1 aromatic heterocycles. The second-order valence-corrected chi connectivity index (χ2v) is 11.4. The van der Waals surface area contributed by atoms with E-state index in [1.165, 1.54) is 56.0 Å². The number of nitrogens with zero attached hydrogens (tertiary/aromatic N) is 2. The van der Waals surface area contributed by atoms with E-state index in [2.05, 4.69) is 156 Å². The van der Waals surface area contributed by atoms with Crippen molar-refractivity contribution in [3.8, 4) is 44.6 Å². The minimum atomic E-state index is 0.0805. The standard InChI is InChI=1S/C40H27N3/c1-5-19-35-26(10-1)22-23-36(41-35)29-13-7-11-27(24-29)28-12-8-14-30(25-28)40-42-37-20-9-18-34-32-16-3-2-15-31(32)33-17-4-6-21-38(33)43(40)39(34)37/h1-25,40,42H/p+1. The number of aromatic nitrogens is 1. The summed E-state index contributed by atoms with van der Waals surface area (Å²) in [6.07, 6.45) is 0.0805. The van der Waals surface area contributed by atoms with Gasteiger partial charge in [0.15, 0.2) is 11.9 Å². The van der Waals surface area contributed by atoms with Gasteiger partial charge in [0, 0.05) is 33.7 Å². The van der Waals surface area contributed by atoms with Crippen molar-refractivity contribution >= 4 is 28.0 Å². The van der Waals surface area contributed by atoms with E-state index in [0.29, 0.717) is 0 Å². The Morgan fingerprint density at radius 2 is 1.19 bits per heavy atom. The van der Waals surface area contributed by atoms with Crippen LogP contribution in [0.15, 0.2) is 152 Å². The largest absolute Gasteiger partial charge is 0.288 e. The summed E-state index contributed by atoms with van der Waals surface area (Å²) in [7, 11) is 0. The van der Waals surface area contributed by atoms with Gasteiger partial charge in [-0.3, -0.25) is 10.2 Å². The van der Waals surface area contributed by atoms with Gasteiger partial charge < -0.3 is 0 Å². The Balaban J connectivity index is 1.15. The van der Waals surface area contributed by atoms with Crippen molar-refractivity contribution in [1.29, 1.82) is 0 Å². The smallest absolute Gasteiger partial charge is 0.197 e. The molecule has 202 valence electrons. The second kappa shape index (κ2) is 9.52. The average molecular weight is 551 g/mol. The maximum absolute atomic E-state index is 4.96. The summed E-state index contributed by atoms with van der Waals surface area (Å²) in [5.41, 5.74) is 15.7. The molecular weight excluding hydrogens is 522 g/mol. The zero-order valence-electron chi connectivity index (χ0n) is 23.5. The lowest BCUT2D eigenvalue weighted by Crippen LogP contribution is -2.79. The predicted octanol–water partition coefficient (Wildman–Crippen LogP) is 9.26. The first-order chi connectivity index (χ1) is 21.3. The van der Waals surface area contributed by atoms with Crippen LogP contribution in [-0.2, 0) is 0 Å². The first kappa shape index (κ1) is 24.1. The van der Waals surface area contributed by atoms with Crippen LogP contribution in [0.1, 0.15) is 11.7 Å². The van der Waals surface area contributed by atoms with Crippen LogP contribution in [0.2, 0.25) is 0 Å². The number of hydrogen-bond acceptors (Lipinski definition) is 2. The molecule has 0 saturated carbocycles. The Morgan fingerprint density at radius 1 is 0.512 bits per heavy atom. The van der Waals surface area contributed by atoms with Crippen LogP contribution < -0.4 is 10.2 Å². The molecule has 3 heteroatoms. The topological polar surface area (TPSA) is 32.7 Å². The number of benzene rings is 6. The van der Waals surface area contributed by atoms with Crippen molar-refractivity contribution in [1.82, 2.24) is 4.98 Å². The number of anilines is 2. The van der Waals surface area contributed by atoms with Crippen molar-refractivity contribution in [3.63, 3.8) is 0 Å². The highest BCUT2D eigenvalue weighted by atomic mass is 15.3. The fourth-order valence-electron chi connectivity index (χ4n) is 6.93. The summed E-state index contributed by atoms with van der Waals surface area (Å²) < 4.78 is 0. The van der Waals surface area contributed by atoms with Crippen molar-refractivity contribution in [3.05, 3.63) is 157 Å². The highest BCUT2D eigenvalue weighted by Gasteiger charge is 2.40.